The molecule has 3 rings (SSSR count). The summed E-state index contributed by atoms with van der Waals surface area (Å²) in [6, 6.07) is 15.1. The Labute approximate surface area is 209 Å². The monoisotopic (exact) mass is 490 g/mol. The van der Waals surface area contributed by atoms with E-state index in [0.29, 0.717) is 20.7 Å². The summed E-state index contributed by atoms with van der Waals surface area (Å²) in [5.74, 6) is 0.859. The Morgan fingerprint density at radius 2 is 1.24 bits per heavy atom. The third-order valence-corrected chi connectivity index (χ3v) is 12.0. The zero-order chi connectivity index (χ0) is 24.8. The number of phenols is 2. The molecule has 2 N–H and O–H groups in total. The molecular formula is C30H39O2PSi. The maximum Gasteiger partial charge on any atom is 0.128 e. The Morgan fingerprint density at radius 1 is 0.735 bits per heavy atom. The van der Waals surface area contributed by atoms with Gasteiger partial charge in [0.2, 0.25) is 0 Å². The first-order valence-electron chi connectivity index (χ1n) is 12.5. The Morgan fingerprint density at radius 3 is 1.71 bits per heavy atom. The van der Waals surface area contributed by atoms with Crippen molar-refractivity contribution < 1.29 is 10.2 Å². The predicted molar refractivity (Wildman–Crippen MR) is 150 cm³/mol. The summed E-state index contributed by atoms with van der Waals surface area (Å²) in [5.41, 5.74) is 7.02. The van der Waals surface area contributed by atoms with Crippen LogP contribution in [0, 0.1) is 27.7 Å². The van der Waals surface area contributed by atoms with Crippen LogP contribution < -0.4 is 15.8 Å². The quantitative estimate of drug-likeness (QED) is 0.255. The fourth-order valence-electron chi connectivity index (χ4n) is 4.37. The van der Waals surface area contributed by atoms with Crippen LogP contribution in [0.3, 0.4) is 0 Å². The molecule has 0 aliphatic rings. The smallest absolute Gasteiger partial charge is 0.128 e. The third kappa shape index (κ3) is 6.12. The van der Waals surface area contributed by atoms with E-state index in [2.05, 4.69) is 84.0 Å². The van der Waals surface area contributed by atoms with Crippen molar-refractivity contribution in [3.05, 3.63) is 75.8 Å². The van der Waals surface area contributed by atoms with Gasteiger partial charge in [0.15, 0.2) is 0 Å². The van der Waals surface area contributed by atoms with Gasteiger partial charge in [-0.1, -0.05) is 62.2 Å². The van der Waals surface area contributed by atoms with Crippen LogP contribution in [0.4, 0.5) is 0 Å². The average Bonchev–Trinajstić information content (AvgIpc) is 2.81. The largest absolute Gasteiger partial charge is 0.507 e. The normalized spacial score (nSPS) is 11.4. The minimum atomic E-state index is -0.964. The summed E-state index contributed by atoms with van der Waals surface area (Å²) in [6.07, 6.45) is 6.08. The van der Waals surface area contributed by atoms with E-state index in [-0.39, 0.29) is 0 Å². The molecule has 0 bridgehead atoms. The number of rotatable bonds is 10. The van der Waals surface area contributed by atoms with Crippen molar-refractivity contribution in [3.63, 3.8) is 0 Å². The minimum Gasteiger partial charge on any atom is -0.507 e. The van der Waals surface area contributed by atoms with Crippen molar-refractivity contribution in [1.29, 1.82) is 0 Å². The second kappa shape index (κ2) is 12.0. The number of hydrogen-bond donors (Lipinski definition) is 2. The maximum atomic E-state index is 11.5. The van der Waals surface area contributed by atoms with Crippen LogP contribution in [0.5, 0.6) is 11.5 Å². The fourth-order valence-corrected chi connectivity index (χ4v) is 10.2. The molecule has 0 aliphatic heterocycles. The second-order valence-electron chi connectivity index (χ2n) is 9.49. The Bertz CT molecular complexity index is 1080. The SMILES string of the molecule is CCCCc1cc(C)cc(P([Si]c2cccc(C)c2C)c2cc(C)cc(CCCC)c2O)c1O. The molecule has 180 valence electrons. The molecule has 0 unspecified atom stereocenters. The summed E-state index contributed by atoms with van der Waals surface area (Å²) in [7, 11) is -0.491. The minimum absolute atomic E-state index is 0.430. The topological polar surface area (TPSA) is 40.5 Å². The molecule has 0 aromatic heterocycles. The summed E-state index contributed by atoms with van der Waals surface area (Å²) in [4.78, 5) is 0. The van der Waals surface area contributed by atoms with Crippen molar-refractivity contribution in [2.75, 3.05) is 0 Å². The van der Waals surface area contributed by atoms with E-state index in [1.807, 2.05) is 0 Å². The molecule has 34 heavy (non-hydrogen) atoms. The van der Waals surface area contributed by atoms with Gasteiger partial charge in [-0.15, -0.1) is 0 Å². The van der Waals surface area contributed by atoms with Gasteiger partial charge < -0.3 is 10.2 Å². The van der Waals surface area contributed by atoms with E-state index < -0.39 is 7.47 Å². The number of aryl methyl sites for hydroxylation is 5. The van der Waals surface area contributed by atoms with Gasteiger partial charge >= 0.3 is 0 Å². The maximum absolute atomic E-state index is 11.5. The first kappa shape index (κ1) is 26.5. The Hall–Kier alpha value is -2.09. The molecule has 0 saturated heterocycles. The molecule has 0 heterocycles. The standard InChI is InChI=1S/C30H39O2PSi/c1-7-9-13-24-16-20(3)18-26(29(24)31)33(34-28-15-11-12-22(5)23(28)6)27-19-21(4)17-25(30(27)32)14-10-8-2/h11-12,15-19,31-32H,7-10,13-14H2,1-6H3. The van der Waals surface area contributed by atoms with Crippen molar-refractivity contribution in [1.82, 2.24) is 0 Å². The number of unbranched alkanes of at least 4 members (excludes halogenated alkanes) is 2. The highest BCUT2D eigenvalue weighted by molar-refractivity contribution is 7.99. The van der Waals surface area contributed by atoms with Gasteiger partial charge in [-0.05, 0) is 106 Å². The van der Waals surface area contributed by atoms with Crippen LogP contribution in [0.25, 0.3) is 0 Å². The molecule has 0 aliphatic carbocycles. The zero-order valence-corrected chi connectivity index (χ0v) is 23.5. The van der Waals surface area contributed by atoms with E-state index in [1.54, 1.807) is 0 Å². The van der Waals surface area contributed by atoms with Crippen LogP contribution in [0.1, 0.15) is 72.9 Å². The molecule has 3 aromatic carbocycles. The Kier molecular flexibility index (Phi) is 9.39. The van der Waals surface area contributed by atoms with Gasteiger partial charge in [-0.3, -0.25) is 0 Å². The van der Waals surface area contributed by atoms with E-state index in [0.717, 1.165) is 60.3 Å². The van der Waals surface area contributed by atoms with Crippen LogP contribution in [0.2, 0.25) is 0 Å². The molecular weight excluding hydrogens is 451 g/mol. The first-order chi connectivity index (χ1) is 16.3. The first-order valence-corrected chi connectivity index (χ1v) is 15.7. The average molecular weight is 491 g/mol. The van der Waals surface area contributed by atoms with Crippen molar-refractivity contribution >= 4 is 32.5 Å². The molecule has 0 atom stereocenters. The van der Waals surface area contributed by atoms with Crippen LogP contribution >= 0.6 is 7.47 Å². The lowest BCUT2D eigenvalue weighted by molar-refractivity contribution is 0.470. The van der Waals surface area contributed by atoms with Crippen LogP contribution in [0.15, 0.2) is 42.5 Å². The molecule has 3 aromatic rings. The fraction of sp³-hybridized carbons (Fsp3) is 0.400. The lowest BCUT2D eigenvalue weighted by Crippen LogP contribution is -2.27. The van der Waals surface area contributed by atoms with E-state index in [1.165, 1.54) is 27.4 Å². The summed E-state index contributed by atoms with van der Waals surface area (Å²) in [5, 5.41) is 26.3. The summed E-state index contributed by atoms with van der Waals surface area (Å²) >= 11 is 0. The van der Waals surface area contributed by atoms with Gasteiger partial charge in [-0.25, -0.2) is 0 Å². The van der Waals surface area contributed by atoms with Crippen LogP contribution in [-0.2, 0) is 12.8 Å². The molecule has 2 nitrogen and oxygen atoms in total. The number of hydrogen-bond acceptors (Lipinski definition) is 2. The van der Waals surface area contributed by atoms with Gasteiger partial charge in [-0.2, -0.15) is 0 Å². The number of phenolic OH excluding ortho intramolecular Hbond substituents is 2. The predicted octanol–water partition coefficient (Wildman–Crippen LogP) is 6.39. The van der Waals surface area contributed by atoms with E-state index in [9.17, 15) is 10.2 Å². The third-order valence-electron chi connectivity index (χ3n) is 6.54. The van der Waals surface area contributed by atoms with Crippen molar-refractivity contribution in [2.24, 2.45) is 0 Å². The number of benzene rings is 3. The summed E-state index contributed by atoms with van der Waals surface area (Å²) in [6.45, 7) is 13.0. The van der Waals surface area contributed by atoms with E-state index in [4.69, 9.17) is 0 Å². The molecule has 0 saturated carbocycles. The van der Waals surface area contributed by atoms with Gasteiger partial charge in [0.05, 0.1) is 0 Å². The number of aromatic hydroxyl groups is 2. The molecule has 2 radical (unpaired) electrons. The van der Waals surface area contributed by atoms with Crippen molar-refractivity contribution in [3.8, 4) is 11.5 Å². The zero-order valence-electron chi connectivity index (χ0n) is 21.6. The molecule has 0 fully saturated rings. The lowest BCUT2D eigenvalue weighted by atomic mass is 10.0. The second-order valence-corrected chi connectivity index (χ2v) is 13.9. The highest BCUT2D eigenvalue weighted by Crippen LogP contribution is 2.41. The van der Waals surface area contributed by atoms with Gasteiger partial charge in [0, 0.05) is 10.6 Å². The van der Waals surface area contributed by atoms with Crippen LogP contribution in [-0.4, -0.2) is 19.4 Å². The highest BCUT2D eigenvalue weighted by Gasteiger charge is 2.26. The molecule has 0 spiro atoms. The summed E-state index contributed by atoms with van der Waals surface area (Å²) < 4.78 is 0. The van der Waals surface area contributed by atoms with Gasteiger partial charge in [0.1, 0.15) is 20.7 Å². The lowest BCUT2D eigenvalue weighted by Gasteiger charge is -2.25. The molecule has 0 amide bonds. The van der Waals surface area contributed by atoms with Crippen molar-refractivity contribution in [2.45, 2.75) is 80.1 Å². The van der Waals surface area contributed by atoms with Gasteiger partial charge in [0.25, 0.3) is 0 Å². The highest BCUT2D eigenvalue weighted by atomic mass is 31.4. The van der Waals surface area contributed by atoms with E-state index >= 15 is 0 Å². The Balaban J connectivity index is 2.22. The molecule has 4 heteroatoms.